The number of carbonyl (C=O) groups is 2. The number of ketones is 1. The first kappa shape index (κ1) is 19.4. The number of hydrogen-bond donors (Lipinski definition) is 0. The van der Waals surface area contributed by atoms with Crippen molar-refractivity contribution < 1.29 is 14.3 Å². The zero-order chi connectivity index (χ0) is 17.1. The summed E-state index contributed by atoms with van der Waals surface area (Å²) < 4.78 is 4.98. The highest BCUT2D eigenvalue weighted by Gasteiger charge is 2.45. The summed E-state index contributed by atoms with van der Waals surface area (Å²) in [6.07, 6.45) is 8.59. The van der Waals surface area contributed by atoms with E-state index in [0.717, 1.165) is 24.8 Å². The number of ether oxygens (including phenoxy) is 1. The second kappa shape index (κ2) is 10.2. The largest absolute Gasteiger partial charge is 0.468 e. The molecule has 1 unspecified atom stereocenters. The van der Waals surface area contributed by atoms with Crippen molar-refractivity contribution in [3.05, 3.63) is 35.9 Å². The van der Waals surface area contributed by atoms with E-state index in [1.165, 1.54) is 39.7 Å². The van der Waals surface area contributed by atoms with Crippen molar-refractivity contribution in [1.82, 2.24) is 0 Å². The van der Waals surface area contributed by atoms with Crippen LogP contribution in [0.1, 0.15) is 70.8 Å². The Labute approximate surface area is 140 Å². The van der Waals surface area contributed by atoms with E-state index in [2.05, 4.69) is 6.92 Å². The molecule has 0 aromatic heterocycles. The number of hydrogen-bond acceptors (Lipinski definition) is 3. The van der Waals surface area contributed by atoms with Gasteiger partial charge < -0.3 is 4.74 Å². The predicted molar refractivity (Wildman–Crippen MR) is 93.4 cm³/mol. The van der Waals surface area contributed by atoms with Gasteiger partial charge in [-0.2, -0.15) is 0 Å². The molecule has 0 N–H and O–H groups in total. The first-order chi connectivity index (χ1) is 11.1. The first-order valence-corrected chi connectivity index (χ1v) is 8.74. The average molecular weight is 318 g/mol. The van der Waals surface area contributed by atoms with Crippen LogP contribution in [0.5, 0.6) is 0 Å². The fourth-order valence-electron chi connectivity index (χ4n) is 3.13. The summed E-state index contributed by atoms with van der Waals surface area (Å²) in [5, 5.41) is 0. The maximum Gasteiger partial charge on any atom is 0.323 e. The fraction of sp³-hybridized carbons (Fsp3) is 0.600. The molecule has 3 heteroatoms. The highest BCUT2D eigenvalue weighted by molar-refractivity contribution is 6.08. The topological polar surface area (TPSA) is 43.4 Å². The van der Waals surface area contributed by atoms with E-state index in [1.54, 1.807) is 0 Å². The standard InChI is InChI=1S/C20H30O3/c1-4-5-6-7-8-9-13-16-20(17(2)21,19(22)23-3)18-14-11-10-12-15-18/h10-12,14-15H,4-9,13,16H2,1-3H3. The third-order valence-electron chi connectivity index (χ3n) is 4.56. The third kappa shape index (κ3) is 5.19. The Morgan fingerprint density at radius 1 is 0.957 bits per heavy atom. The van der Waals surface area contributed by atoms with Gasteiger partial charge in [-0.05, 0) is 18.9 Å². The van der Waals surface area contributed by atoms with E-state index in [9.17, 15) is 9.59 Å². The average Bonchev–Trinajstić information content (AvgIpc) is 2.57. The number of benzene rings is 1. The fourth-order valence-corrected chi connectivity index (χ4v) is 3.13. The Hall–Kier alpha value is -1.64. The number of carbonyl (C=O) groups excluding carboxylic acids is 2. The Morgan fingerprint density at radius 3 is 2.04 bits per heavy atom. The van der Waals surface area contributed by atoms with Gasteiger partial charge in [-0.1, -0.05) is 82.2 Å². The van der Waals surface area contributed by atoms with Gasteiger partial charge in [-0.25, -0.2) is 0 Å². The molecule has 0 radical (unpaired) electrons. The van der Waals surface area contributed by atoms with Gasteiger partial charge in [0, 0.05) is 0 Å². The maximum absolute atomic E-state index is 12.4. The van der Waals surface area contributed by atoms with Gasteiger partial charge in [-0.15, -0.1) is 0 Å². The lowest BCUT2D eigenvalue weighted by Crippen LogP contribution is -2.43. The van der Waals surface area contributed by atoms with Crippen LogP contribution in [0.15, 0.2) is 30.3 Å². The molecule has 0 aliphatic rings. The number of esters is 1. The van der Waals surface area contributed by atoms with Crippen molar-refractivity contribution in [3.8, 4) is 0 Å². The van der Waals surface area contributed by atoms with E-state index >= 15 is 0 Å². The summed E-state index contributed by atoms with van der Waals surface area (Å²) in [7, 11) is 1.35. The predicted octanol–water partition coefficient (Wildman–Crippen LogP) is 4.83. The van der Waals surface area contributed by atoms with Gasteiger partial charge in [0.05, 0.1) is 7.11 Å². The van der Waals surface area contributed by atoms with E-state index in [-0.39, 0.29) is 5.78 Å². The van der Waals surface area contributed by atoms with Crippen LogP contribution in [-0.4, -0.2) is 18.9 Å². The van der Waals surface area contributed by atoms with Gasteiger partial charge in [0.2, 0.25) is 0 Å². The van der Waals surface area contributed by atoms with Crippen LogP contribution in [-0.2, 0) is 19.7 Å². The number of Topliss-reactive ketones (excluding diaryl/α,β-unsaturated/α-hetero) is 1. The minimum Gasteiger partial charge on any atom is -0.468 e. The van der Waals surface area contributed by atoms with Crippen LogP contribution < -0.4 is 0 Å². The van der Waals surface area contributed by atoms with Crippen LogP contribution in [0, 0.1) is 0 Å². The van der Waals surface area contributed by atoms with E-state index < -0.39 is 11.4 Å². The van der Waals surface area contributed by atoms with Crippen LogP contribution in [0.4, 0.5) is 0 Å². The minimum absolute atomic E-state index is 0.137. The Bertz CT molecular complexity index is 481. The summed E-state index contributed by atoms with van der Waals surface area (Å²) in [6, 6.07) is 9.31. The summed E-state index contributed by atoms with van der Waals surface area (Å²) >= 11 is 0. The van der Waals surface area contributed by atoms with Crippen LogP contribution >= 0.6 is 0 Å². The van der Waals surface area contributed by atoms with Crippen molar-refractivity contribution in [3.63, 3.8) is 0 Å². The Kier molecular flexibility index (Phi) is 8.60. The maximum atomic E-state index is 12.4. The molecule has 1 rings (SSSR count). The molecular weight excluding hydrogens is 288 g/mol. The van der Waals surface area contributed by atoms with Crippen molar-refractivity contribution in [2.45, 2.75) is 70.6 Å². The normalized spacial score (nSPS) is 13.3. The Morgan fingerprint density at radius 2 is 1.52 bits per heavy atom. The highest BCUT2D eigenvalue weighted by Crippen LogP contribution is 2.33. The van der Waals surface area contributed by atoms with Gasteiger partial charge in [0.25, 0.3) is 0 Å². The summed E-state index contributed by atoms with van der Waals surface area (Å²) in [5.41, 5.74) is -0.412. The summed E-state index contributed by atoms with van der Waals surface area (Å²) in [4.78, 5) is 24.8. The van der Waals surface area contributed by atoms with Crippen molar-refractivity contribution >= 4 is 11.8 Å². The molecule has 0 saturated carbocycles. The second-order valence-electron chi connectivity index (χ2n) is 6.19. The van der Waals surface area contributed by atoms with Gasteiger partial charge in [0.15, 0.2) is 11.2 Å². The zero-order valence-electron chi connectivity index (χ0n) is 14.8. The number of rotatable bonds is 11. The van der Waals surface area contributed by atoms with Crippen LogP contribution in [0.3, 0.4) is 0 Å². The molecule has 1 atom stereocenters. The van der Waals surface area contributed by atoms with Crippen molar-refractivity contribution in [2.24, 2.45) is 0 Å². The van der Waals surface area contributed by atoms with E-state index in [0.29, 0.717) is 6.42 Å². The first-order valence-electron chi connectivity index (χ1n) is 8.74. The smallest absolute Gasteiger partial charge is 0.323 e. The third-order valence-corrected chi connectivity index (χ3v) is 4.56. The molecule has 128 valence electrons. The van der Waals surface area contributed by atoms with Gasteiger partial charge >= 0.3 is 5.97 Å². The molecule has 0 aliphatic heterocycles. The SMILES string of the molecule is CCCCCCCCCC(C(C)=O)(C(=O)OC)c1ccccc1. The number of unbranched alkanes of at least 4 members (excludes halogenated alkanes) is 6. The monoisotopic (exact) mass is 318 g/mol. The molecule has 0 fully saturated rings. The second-order valence-corrected chi connectivity index (χ2v) is 6.19. The summed E-state index contributed by atoms with van der Waals surface area (Å²) in [6.45, 7) is 3.70. The number of methoxy groups -OCH3 is 1. The van der Waals surface area contributed by atoms with E-state index in [4.69, 9.17) is 4.74 Å². The quantitative estimate of drug-likeness (QED) is 0.333. The van der Waals surface area contributed by atoms with Gasteiger partial charge in [-0.3, -0.25) is 9.59 Å². The molecule has 0 amide bonds. The molecule has 0 spiro atoms. The molecule has 0 heterocycles. The highest BCUT2D eigenvalue weighted by atomic mass is 16.5. The molecule has 3 nitrogen and oxygen atoms in total. The van der Waals surface area contributed by atoms with Crippen molar-refractivity contribution in [1.29, 1.82) is 0 Å². The Balaban J connectivity index is 2.77. The van der Waals surface area contributed by atoms with Crippen molar-refractivity contribution in [2.75, 3.05) is 7.11 Å². The van der Waals surface area contributed by atoms with Gasteiger partial charge in [0.1, 0.15) is 0 Å². The molecule has 1 aromatic carbocycles. The van der Waals surface area contributed by atoms with E-state index in [1.807, 2.05) is 30.3 Å². The van der Waals surface area contributed by atoms with Crippen LogP contribution in [0.25, 0.3) is 0 Å². The lowest BCUT2D eigenvalue weighted by molar-refractivity contribution is -0.152. The summed E-state index contributed by atoms with van der Waals surface area (Å²) in [5.74, 6) is -0.580. The molecule has 0 bridgehead atoms. The molecule has 0 aliphatic carbocycles. The minimum atomic E-state index is -1.15. The molecule has 1 aromatic rings. The molecule has 23 heavy (non-hydrogen) atoms. The lowest BCUT2D eigenvalue weighted by Gasteiger charge is -2.29. The molecule has 0 saturated heterocycles. The van der Waals surface area contributed by atoms with Crippen LogP contribution in [0.2, 0.25) is 0 Å². The lowest BCUT2D eigenvalue weighted by atomic mass is 9.73. The zero-order valence-corrected chi connectivity index (χ0v) is 14.8. The molecular formula is C20H30O3.